The number of aryl methyl sites for hydroxylation is 1. The molecule has 1 heterocycles. The highest BCUT2D eigenvalue weighted by Crippen LogP contribution is 2.21. The first-order chi connectivity index (χ1) is 8.90. The van der Waals surface area contributed by atoms with Crippen molar-refractivity contribution in [3.05, 3.63) is 28.5 Å². The van der Waals surface area contributed by atoms with E-state index in [2.05, 4.69) is 26.2 Å². The number of benzene rings is 1. The molecule has 0 fully saturated rings. The summed E-state index contributed by atoms with van der Waals surface area (Å²) in [5.41, 5.74) is 1.70. The van der Waals surface area contributed by atoms with Crippen molar-refractivity contribution >= 4 is 27.0 Å². The highest BCUT2D eigenvalue weighted by molar-refractivity contribution is 9.10. The second-order valence-electron chi connectivity index (χ2n) is 4.12. The number of alkyl halides is 3. The van der Waals surface area contributed by atoms with Gasteiger partial charge in [-0.1, -0.05) is 15.9 Å². The van der Waals surface area contributed by atoms with E-state index < -0.39 is 12.7 Å². The van der Waals surface area contributed by atoms with Crippen molar-refractivity contribution in [2.24, 2.45) is 0 Å². The van der Waals surface area contributed by atoms with Gasteiger partial charge in [-0.05, 0) is 25.1 Å². The number of hydrogen-bond donors (Lipinski definition) is 1. The zero-order valence-electron chi connectivity index (χ0n) is 10.3. The minimum absolute atomic E-state index is 0.0969. The molecular weight excluding hydrogens is 323 g/mol. The highest BCUT2D eigenvalue weighted by Gasteiger charge is 2.26. The van der Waals surface area contributed by atoms with E-state index in [1.54, 1.807) is 0 Å². The number of hydrogen-bond acceptors (Lipinski definition) is 2. The molecule has 0 aliphatic heterocycles. The van der Waals surface area contributed by atoms with Gasteiger partial charge in [0.05, 0.1) is 24.1 Å². The molecule has 0 unspecified atom stereocenters. The summed E-state index contributed by atoms with van der Waals surface area (Å²) in [6.45, 7) is 1.70. The normalized spacial score (nSPS) is 12.3. The lowest BCUT2D eigenvalue weighted by molar-refractivity contribution is -0.125. The Kier molecular flexibility index (Phi) is 4.15. The number of fused-ring (bicyclic) bond motifs is 1. The van der Waals surface area contributed by atoms with Crippen LogP contribution in [0.4, 0.5) is 13.2 Å². The minimum atomic E-state index is -4.20. The highest BCUT2D eigenvalue weighted by atomic mass is 79.9. The van der Waals surface area contributed by atoms with Crippen LogP contribution in [-0.2, 0) is 13.1 Å². The molecule has 0 spiro atoms. The summed E-state index contributed by atoms with van der Waals surface area (Å²) in [5.74, 6) is 0.611. The van der Waals surface area contributed by atoms with Crippen LogP contribution < -0.4 is 5.32 Å². The summed E-state index contributed by atoms with van der Waals surface area (Å²) in [5, 5.41) is 2.37. The van der Waals surface area contributed by atoms with Gasteiger partial charge < -0.3 is 9.88 Å². The SMILES string of the molecule is CCn1c(CNCC(F)(F)F)nc2cc(Br)ccc21. The molecule has 0 atom stereocenters. The lowest BCUT2D eigenvalue weighted by Gasteiger charge is -2.09. The molecule has 0 radical (unpaired) electrons. The lowest BCUT2D eigenvalue weighted by atomic mass is 10.3. The van der Waals surface area contributed by atoms with Crippen molar-refractivity contribution < 1.29 is 13.2 Å². The summed E-state index contributed by atoms with van der Waals surface area (Å²) in [4.78, 5) is 4.37. The standard InChI is InChI=1S/C12H13BrF3N3/c1-2-19-10-4-3-8(13)5-9(10)18-11(19)6-17-7-12(14,15)16/h3-5,17H,2,6-7H2,1H3. The maximum Gasteiger partial charge on any atom is 0.401 e. The van der Waals surface area contributed by atoms with Gasteiger partial charge in [0, 0.05) is 11.0 Å². The van der Waals surface area contributed by atoms with E-state index in [4.69, 9.17) is 0 Å². The fourth-order valence-corrected chi connectivity index (χ4v) is 2.31. The van der Waals surface area contributed by atoms with Crippen molar-refractivity contribution in [1.29, 1.82) is 0 Å². The van der Waals surface area contributed by atoms with Gasteiger partial charge in [0.1, 0.15) is 5.82 Å². The van der Waals surface area contributed by atoms with Gasteiger partial charge in [-0.25, -0.2) is 4.98 Å². The molecule has 7 heteroatoms. The molecule has 0 bridgehead atoms. The van der Waals surface area contributed by atoms with E-state index in [-0.39, 0.29) is 6.54 Å². The number of imidazole rings is 1. The third kappa shape index (κ3) is 3.48. The van der Waals surface area contributed by atoms with Gasteiger partial charge >= 0.3 is 6.18 Å². The second-order valence-corrected chi connectivity index (χ2v) is 5.04. The molecule has 0 saturated carbocycles. The molecule has 0 aliphatic rings. The monoisotopic (exact) mass is 335 g/mol. The van der Waals surface area contributed by atoms with Gasteiger partial charge in [-0.15, -0.1) is 0 Å². The van der Waals surface area contributed by atoms with Gasteiger partial charge in [0.2, 0.25) is 0 Å². The fraction of sp³-hybridized carbons (Fsp3) is 0.417. The van der Waals surface area contributed by atoms with Crippen molar-refractivity contribution in [1.82, 2.24) is 14.9 Å². The van der Waals surface area contributed by atoms with Crippen LogP contribution in [0, 0.1) is 0 Å². The van der Waals surface area contributed by atoms with Crippen molar-refractivity contribution in [2.75, 3.05) is 6.54 Å². The Morgan fingerprint density at radius 2 is 2.11 bits per heavy atom. The molecule has 3 nitrogen and oxygen atoms in total. The van der Waals surface area contributed by atoms with E-state index in [1.807, 2.05) is 29.7 Å². The minimum Gasteiger partial charge on any atom is -0.327 e. The Morgan fingerprint density at radius 3 is 2.74 bits per heavy atom. The van der Waals surface area contributed by atoms with Gasteiger partial charge in [0.15, 0.2) is 0 Å². The molecule has 1 N–H and O–H groups in total. The summed E-state index contributed by atoms with van der Waals surface area (Å²) < 4.78 is 39.1. The van der Waals surface area contributed by atoms with E-state index in [9.17, 15) is 13.2 Å². The van der Waals surface area contributed by atoms with Crippen molar-refractivity contribution in [3.8, 4) is 0 Å². The maximum absolute atomic E-state index is 12.1. The van der Waals surface area contributed by atoms with Crippen molar-refractivity contribution in [3.63, 3.8) is 0 Å². The van der Waals surface area contributed by atoms with E-state index in [1.165, 1.54) is 0 Å². The van der Waals surface area contributed by atoms with E-state index in [0.717, 1.165) is 15.5 Å². The third-order valence-corrected chi connectivity index (χ3v) is 3.21. The number of aromatic nitrogens is 2. The Labute approximate surface area is 116 Å². The number of rotatable bonds is 4. The topological polar surface area (TPSA) is 29.9 Å². The first-order valence-corrected chi connectivity index (χ1v) is 6.62. The van der Waals surface area contributed by atoms with Gasteiger partial charge in [-0.2, -0.15) is 13.2 Å². The van der Waals surface area contributed by atoms with Crippen LogP contribution in [0.5, 0.6) is 0 Å². The fourth-order valence-electron chi connectivity index (χ4n) is 1.96. The molecule has 1 aromatic carbocycles. The summed E-state index contributed by atoms with van der Waals surface area (Å²) in [6, 6.07) is 5.65. The predicted molar refractivity (Wildman–Crippen MR) is 70.9 cm³/mol. The van der Waals surface area contributed by atoms with Crippen LogP contribution in [0.1, 0.15) is 12.7 Å². The largest absolute Gasteiger partial charge is 0.401 e. The molecule has 0 saturated heterocycles. The average molecular weight is 336 g/mol. The van der Waals surface area contributed by atoms with Crippen LogP contribution in [-0.4, -0.2) is 22.3 Å². The van der Waals surface area contributed by atoms with E-state index >= 15 is 0 Å². The molecule has 104 valence electrons. The lowest BCUT2D eigenvalue weighted by Crippen LogP contribution is -2.29. The predicted octanol–water partition coefficient (Wildman–Crippen LogP) is 3.47. The Bertz CT molecular complexity index is 577. The Balaban J connectivity index is 2.22. The zero-order chi connectivity index (χ0) is 14.0. The molecule has 1 aromatic heterocycles. The zero-order valence-corrected chi connectivity index (χ0v) is 11.8. The number of halogens is 4. The molecule has 19 heavy (non-hydrogen) atoms. The van der Waals surface area contributed by atoms with Crippen LogP contribution >= 0.6 is 15.9 Å². The third-order valence-electron chi connectivity index (χ3n) is 2.71. The molecule has 0 aliphatic carbocycles. The molecular formula is C12H13BrF3N3. The number of nitrogens with zero attached hydrogens (tertiary/aromatic N) is 2. The first-order valence-electron chi connectivity index (χ1n) is 5.83. The average Bonchev–Trinajstić information content (AvgIpc) is 2.63. The molecule has 2 rings (SSSR count). The van der Waals surface area contributed by atoms with Crippen LogP contribution in [0.3, 0.4) is 0 Å². The van der Waals surface area contributed by atoms with Gasteiger partial charge in [0.25, 0.3) is 0 Å². The first kappa shape index (κ1) is 14.3. The van der Waals surface area contributed by atoms with Crippen LogP contribution in [0.15, 0.2) is 22.7 Å². The molecule has 0 amide bonds. The van der Waals surface area contributed by atoms with Crippen LogP contribution in [0.25, 0.3) is 11.0 Å². The Morgan fingerprint density at radius 1 is 1.37 bits per heavy atom. The summed E-state index contributed by atoms with van der Waals surface area (Å²) in [7, 11) is 0. The number of nitrogens with one attached hydrogen (secondary N) is 1. The Hall–Kier alpha value is -1.08. The molecule has 2 aromatic rings. The second kappa shape index (κ2) is 5.50. The van der Waals surface area contributed by atoms with E-state index in [0.29, 0.717) is 12.4 Å². The smallest absolute Gasteiger partial charge is 0.327 e. The van der Waals surface area contributed by atoms with Crippen molar-refractivity contribution in [2.45, 2.75) is 26.2 Å². The summed E-state index contributed by atoms with van der Waals surface area (Å²) in [6.07, 6.45) is -4.20. The quantitative estimate of drug-likeness (QED) is 0.927. The maximum atomic E-state index is 12.1. The van der Waals surface area contributed by atoms with Crippen LogP contribution in [0.2, 0.25) is 0 Å². The summed E-state index contributed by atoms with van der Waals surface area (Å²) >= 11 is 3.35. The van der Waals surface area contributed by atoms with Gasteiger partial charge in [-0.3, -0.25) is 0 Å².